The zero-order valence-electron chi connectivity index (χ0n) is 21.6. The summed E-state index contributed by atoms with van der Waals surface area (Å²) in [6, 6.07) is 22.8. The summed E-state index contributed by atoms with van der Waals surface area (Å²) in [5.74, 6) is -1.46. The van der Waals surface area contributed by atoms with Gasteiger partial charge in [-0.3, -0.25) is 24.7 Å². The SMILES string of the molecule is Cc1cc(C(O)=C2C(=O)C(=O)N(Cc3cccnc3)[C@@H]2c2cccc([N+](=O)[O-])c2)ccc1OCc1ccccc1. The topological polar surface area (TPSA) is 123 Å². The van der Waals surface area contributed by atoms with Crippen LogP contribution in [0, 0.1) is 17.0 Å². The van der Waals surface area contributed by atoms with Gasteiger partial charge in [0.2, 0.25) is 0 Å². The van der Waals surface area contributed by atoms with E-state index in [4.69, 9.17) is 4.74 Å². The van der Waals surface area contributed by atoms with E-state index in [0.29, 0.717) is 29.0 Å². The van der Waals surface area contributed by atoms with Crippen LogP contribution in [0.3, 0.4) is 0 Å². The summed E-state index contributed by atoms with van der Waals surface area (Å²) in [6.07, 6.45) is 3.16. The Morgan fingerprint density at radius 3 is 2.48 bits per heavy atom. The second-order valence-corrected chi connectivity index (χ2v) is 9.39. The number of aryl methyl sites for hydroxylation is 1. The standard InChI is InChI=1S/C31H25N3O6/c1-20-15-24(12-13-26(20)40-19-21-7-3-2-4-8-21)29(35)27-28(23-10-5-11-25(16-23)34(38)39)33(31(37)30(27)36)18-22-9-6-14-32-17-22/h2-17,28,35H,18-19H2,1H3/t28-/m1/s1. The van der Waals surface area contributed by atoms with Gasteiger partial charge in [0.1, 0.15) is 18.1 Å². The number of nitro benzene ring substituents is 1. The zero-order chi connectivity index (χ0) is 28.2. The van der Waals surface area contributed by atoms with E-state index in [0.717, 1.165) is 11.1 Å². The summed E-state index contributed by atoms with van der Waals surface area (Å²) in [5, 5.41) is 22.9. The molecule has 1 atom stereocenters. The molecule has 0 aliphatic carbocycles. The second-order valence-electron chi connectivity index (χ2n) is 9.39. The molecule has 9 heteroatoms. The van der Waals surface area contributed by atoms with E-state index in [1.165, 1.54) is 23.1 Å². The van der Waals surface area contributed by atoms with Crippen molar-refractivity contribution in [2.24, 2.45) is 0 Å². The number of hydrogen-bond donors (Lipinski definition) is 1. The third-order valence-electron chi connectivity index (χ3n) is 6.70. The van der Waals surface area contributed by atoms with E-state index in [1.54, 1.807) is 48.8 Å². The number of rotatable bonds is 8. The number of nitro groups is 1. The number of benzene rings is 3. The number of aliphatic hydroxyl groups is 1. The van der Waals surface area contributed by atoms with Crippen LogP contribution < -0.4 is 4.74 Å². The molecule has 0 saturated carbocycles. The van der Waals surface area contributed by atoms with Crippen molar-refractivity contribution < 1.29 is 24.4 Å². The van der Waals surface area contributed by atoms with Crippen molar-refractivity contribution in [1.29, 1.82) is 0 Å². The lowest BCUT2D eigenvalue weighted by Crippen LogP contribution is -2.29. The molecule has 0 spiro atoms. The Morgan fingerprint density at radius 1 is 1.00 bits per heavy atom. The van der Waals surface area contributed by atoms with Crippen molar-refractivity contribution >= 4 is 23.1 Å². The summed E-state index contributed by atoms with van der Waals surface area (Å²) >= 11 is 0. The molecule has 2 heterocycles. The normalized spacial score (nSPS) is 16.2. The number of carbonyl (C=O) groups excluding carboxylic acids is 2. The Hall–Kier alpha value is -5.31. The number of carbonyl (C=O) groups is 2. The number of nitrogens with zero attached hydrogens (tertiary/aromatic N) is 3. The Labute approximate surface area is 230 Å². The molecule has 3 aromatic carbocycles. The Morgan fingerprint density at radius 2 is 1.77 bits per heavy atom. The molecular weight excluding hydrogens is 510 g/mol. The van der Waals surface area contributed by atoms with Gasteiger partial charge in [-0.1, -0.05) is 48.5 Å². The van der Waals surface area contributed by atoms with Gasteiger partial charge >= 0.3 is 0 Å². The van der Waals surface area contributed by atoms with E-state index >= 15 is 0 Å². The molecular formula is C31H25N3O6. The van der Waals surface area contributed by atoms with Crippen molar-refractivity contribution in [3.8, 4) is 5.75 Å². The third kappa shape index (κ3) is 5.30. The van der Waals surface area contributed by atoms with Crippen LogP contribution in [0.2, 0.25) is 0 Å². The van der Waals surface area contributed by atoms with Gasteiger partial charge in [-0.15, -0.1) is 0 Å². The largest absolute Gasteiger partial charge is 0.507 e. The van der Waals surface area contributed by atoms with E-state index in [9.17, 15) is 24.8 Å². The maximum atomic E-state index is 13.4. The first kappa shape index (κ1) is 26.3. The minimum atomic E-state index is -1.05. The average Bonchev–Trinajstić information content (AvgIpc) is 3.22. The molecule has 9 nitrogen and oxygen atoms in total. The quantitative estimate of drug-likeness (QED) is 0.104. The van der Waals surface area contributed by atoms with Crippen LogP contribution in [-0.4, -0.2) is 31.6 Å². The fourth-order valence-corrected chi connectivity index (χ4v) is 4.74. The summed E-state index contributed by atoms with van der Waals surface area (Å²) in [6.45, 7) is 2.20. The van der Waals surface area contributed by atoms with Crippen LogP contribution in [-0.2, 0) is 22.7 Å². The second kappa shape index (κ2) is 11.2. The van der Waals surface area contributed by atoms with Crippen LogP contribution in [0.15, 0.2) is 103 Å². The highest BCUT2D eigenvalue weighted by Crippen LogP contribution is 2.41. The van der Waals surface area contributed by atoms with Gasteiger partial charge in [0, 0.05) is 36.6 Å². The van der Waals surface area contributed by atoms with Gasteiger partial charge in [0.25, 0.3) is 17.4 Å². The van der Waals surface area contributed by atoms with Gasteiger partial charge in [-0.25, -0.2) is 0 Å². The minimum absolute atomic E-state index is 0.0217. The van der Waals surface area contributed by atoms with Crippen LogP contribution >= 0.6 is 0 Å². The first-order valence-corrected chi connectivity index (χ1v) is 12.5. The monoisotopic (exact) mass is 535 g/mol. The molecule has 0 bridgehead atoms. The van der Waals surface area contributed by atoms with Crippen molar-refractivity contribution in [1.82, 2.24) is 9.88 Å². The molecule has 5 rings (SSSR count). The van der Waals surface area contributed by atoms with E-state index in [2.05, 4.69) is 4.98 Å². The fourth-order valence-electron chi connectivity index (χ4n) is 4.74. The number of aliphatic hydroxyl groups excluding tert-OH is 1. The number of ether oxygens (including phenoxy) is 1. The third-order valence-corrected chi connectivity index (χ3v) is 6.70. The summed E-state index contributed by atoms with van der Waals surface area (Å²) in [4.78, 5) is 42.9. The molecule has 1 N–H and O–H groups in total. The fraction of sp³-hybridized carbons (Fsp3) is 0.129. The first-order chi connectivity index (χ1) is 19.3. The summed E-state index contributed by atoms with van der Waals surface area (Å²) < 4.78 is 5.93. The Kier molecular flexibility index (Phi) is 7.37. The number of non-ortho nitro benzene ring substituents is 1. The molecule has 40 heavy (non-hydrogen) atoms. The summed E-state index contributed by atoms with van der Waals surface area (Å²) in [5.41, 5.74) is 2.69. The van der Waals surface area contributed by atoms with Crippen LogP contribution in [0.25, 0.3) is 5.76 Å². The average molecular weight is 536 g/mol. The van der Waals surface area contributed by atoms with E-state index < -0.39 is 22.7 Å². The minimum Gasteiger partial charge on any atom is -0.507 e. The van der Waals surface area contributed by atoms with Crippen molar-refractivity contribution in [2.45, 2.75) is 26.1 Å². The molecule has 0 radical (unpaired) electrons. The highest BCUT2D eigenvalue weighted by molar-refractivity contribution is 6.46. The van der Waals surface area contributed by atoms with Gasteiger partial charge in [-0.05, 0) is 53.4 Å². The molecule has 1 amide bonds. The molecule has 1 saturated heterocycles. The predicted octanol–water partition coefficient (Wildman–Crippen LogP) is 5.50. The van der Waals surface area contributed by atoms with Crippen LogP contribution in [0.5, 0.6) is 5.75 Å². The lowest BCUT2D eigenvalue weighted by molar-refractivity contribution is -0.384. The maximum Gasteiger partial charge on any atom is 0.295 e. The molecule has 0 unspecified atom stereocenters. The first-order valence-electron chi connectivity index (χ1n) is 12.5. The van der Waals surface area contributed by atoms with Crippen molar-refractivity contribution in [3.05, 3.63) is 141 Å². The molecule has 1 aliphatic rings. The lowest BCUT2D eigenvalue weighted by Gasteiger charge is -2.25. The molecule has 1 aromatic heterocycles. The Balaban J connectivity index is 1.55. The highest BCUT2D eigenvalue weighted by Gasteiger charge is 2.46. The zero-order valence-corrected chi connectivity index (χ0v) is 21.6. The number of aromatic nitrogens is 1. The van der Waals surface area contributed by atoms with Gasteiger partial charge in [0.15, 0.2) is 0 Å². The van der Waals surface area contributed by atoms with Gasteiger partial charge in [-0.2, -0.15) is 0 Å². The molecule has 1 fully saturated rings. The number of Topliss-reactive ketones (excluding diaryl/α,β-unsaturated/α-hetero) is 1. The molecule has 1 aliphatic heterocycles. The van der Waals surface area contributed by atoms with Gasteiger partial charge in [0.05, 0.1) is 16.5 Å². The number of ketones is 1. The van der Waals surface area contributed by atoms with Crippen molar-refractivity contribution in [2.75, 3.05) is 0 Å². The maximum absolute atomic E-state index is 13.4. The smallest absolute Gasteiger partial charge is 0.295 e. The van der Waals surface area contributed by atoms with Crippen LogP contribution in [0.4, 0.5) is 5.69 Å². The number of hydrogen-bond acceptors (Lipinski definition) is 7. The Bertz CT molecular complexity index is 1620. The van der Waals surface area contributed by atoms with E-state index in [-0.39, 0.29) is 23.6 Å². The van der Waals surface area contributed by atoms with Crippen molar-refractivity contribution in [3.63, 3.8) is 0 Å². The van der Waals surface area contributed by atoms with Crippen LogP contribution in [0.1, 0.15) is 33.9 Å². The molecule has 4 aromatic rings. The molecule has 200 valence electrons. The number of amides is 1. The predicted molar refractivity (Wildman–Crippen MR) is 147 cm³/mol. The number of likely N-dealkylation sites (tertiary alicyclic amines) is 1. The van der Waals surface area contributed by atoms with E-state index in [1.807, 2.05) is 37.3 Å². The van der Waals surface area contributed by atoms with Gasteiger partial charge < -0.3 is 14.7 Å². The lowest BCUT2D eigenvalue weighted by atomic mass is 9.94. The summed E-state index contributed by atoms with van der Waals surface area (Å²) in [7, 11) is 0. The number of pyridine rings is 1. The highest BCUT2D eigenvalue weighted by atomic mass is 16.6.